The van der Waals surface area contributed by atoms with E-state index in [9.17, 15) is 4.79 Å². The van der Waals surface area contributed by atoms with E-state index in [1.165, 1.54) is 4.68 Å². The van der Waals surface area contributed by atoms with Crippen molar-refractivity contribution in [1.29, 1.82) is 0 Å². The van der Waals surface area contributed by atoms with Crippen LogP contribution in [0.5, 0.6) is 0 Å². The molecule has 1 aromatic carbocycles. The molecule has 0 aliphatic carbocycles. The third-order valence-corrected chi connectivity index (χ3v) is 3.34. The molecule has 3 aromatic rings. The highest BCUT2D eigenvalue weighted by molar-refractivity contribution is 5.91. The molecule has 0 aliphatic heterocycles. The molecule has 108 valence electrons. The van der Waals surface area contributed by atoms with E-state index in [4.69, 9.17) is 0 Å². The summed E-state index contributed by atoms with van der Waals surface area (Å²) in [7, 11) is 0. The van der Waals surface area contributed by atoms with Crippen LogP contribution in [0, 0.1) is 6.92 Å². The molecule has 0 radical (unpaired) electrons. The zero-order chi connectivity index (χ0) is 14.8. The van der Waals surface area contributed by atoms with E-state index in [0.29, 0.717) is 23.4 Å². The van der Waals surface area contributed by atoms with E-state index in [2.05, 4.69) is 27.3 Å². The Morgan fingerprint density at radius 2 is 1.95 bits per heavy atom. The minimum Gasteiger partial charge on any atom is -0.336 e. The van der Waals surface area contributed by atoms with Crippen molar-refractivity contribution in [3.8, 4) is 0 Å². The second kappa shape index (κ2) is 5.47. The normalized spacial score (nSPS) is 11.1. The number of para-hydroxylation sites is 2. The number of unbranched alkanes of at least 4 members (excludes halogenated alkanes) is 1. The zero-order valence-corrected chi connectivity index (χ0v) is 12.1. The number of benzene rings is 1. The first-order chi connectivity index (χ1) is 10.2. The van der Waals surface area contributed by atoms with E-state index in [1.807, 2.05) is 31.2 Å². The maximum atomic E-state index is 12.2. The molecule has 0 saturated heterocycles. The summed E-state index contributed by atoms with van der Waals surface area (Å²) in [6, 6.07) is 7.34. The van der Waals surface area contributed by atoms with Gasteiger partial charge in [0, 0.05) is 6.54 Å². The smallest absolute Gasteiger partial charge is 0.336 e. The van der Waals surface area contributed by atoms with Crippen molar-refractivity contribution in [3.05, 3.63) is 30.0 Å². The summed E-state index contributed by atoms with van der Waals surface area (Å²) >= 11 is 0. The molecule has 0 fully saturated rings. The first kappa shape index (κ1) is 13.5. The van der Waals surface area contributed by atoms with Gasteiger partial charge in [-0.2, -0.15) is 9.78 Å². The number of hydrogen-bond acceptors (Lipinski definition) is 4. The fraction of sp³-hybridized carbons (Fsp3) is 0.333. The van der Waals surface area contributed by atoms with Crippen LogP contribution in [0.1, 0.15) is 25.5 Å². The molecular formula is C15H17N5O. The molecular weight excluding hydrogens is 266 g/mol. The van der Waals surface area contributed by atoms with E-state index in [0.717, 1.165) is 23.9 Å². The van der Waals surface area contributed by atoms with Gasteiger partial charge in [-0.1, -0.05) is 25.5 Å². The zero-order valence-electron chi connectivity index (χ0n) is 12.1. The second-order valence-corrected chi connectivity index (χ2v) is 4.97. The number of carbonyl (C=O) groups excluding carboxylic acids is 1. The third-order valence-electron chi connectivity index (χ3n) is 3.34. The Morgan fingerprint density at radius 1 is 1.24 bits per heavy atom. The van der Waals surface area contributed by atoms with Crippen molar-refractivity contribution in [2.75, 3.05) is 6.54 Å². The summed E-state index contributed by atoms with van der Waals surface area (Å²) in [5.74, 6) is 0. The van der Waals surface area contributed by atoms with Crippen molar-refractivity contribution in [3.63, 3.8) is 0 Å². The molecule has 2 aromatic heterocycles. The highest BCUT2D eigenvalue weighted by Gasteiger charge is 2.16. The maximum absolute atomic E-state index is 12.2. The highest BCUT2D eigenvalue weighted by Crippen LogP contribution is 2.18. The maximum Gasteiger partial charge on any atom is 0.344 e. The molecule has 6 nitrogen and oxygen atoms in total. The summed E-state index contributed by atoms with van der Waals surface area (Å²) in [5.41, 5.74) is 3.43. The molecule has 2 heterocycles. The Morgan fingerprint density at radius 3 is 2.67 bits per heavy atom. The van der Waals surface area contributed by atoms with Gasteiger partial charge in [-0.25, -0.2) is 14.8 Å². The lowest BCUT2D eigenvalue weighted by molar-refractivity contribution is 0.240. The fourth-order valence-corrected chi connectivity index (χ4v) is 2.21. The highest BCUT2D eigenvalue weighted by atomic mass is 16.2. The molecule has 3 rings (SSSR count). The van der Waals surface area contributed by atoms with E-state index in [-0.39, 0.29) is 6.03 Å². The van der Waals surface area contributed by atoms with Gasteiger partial charge >= 0.3 is 6.03 Å². The van der Waals surface area contributed by atoms with Crippen LogP contribution in [0.15, 0.2) is 24.3 Å². The molecule has 0 unspecified atom stereocenters. The number of fused-ring (bicyclic) bond motifs is 2. The van der Waals surface area contributed by atoms with Gasteiger partial charge < -0.3 is 5.32 Å². The largest absolute Gasteiger partial charge is 0.344 e. The molecule has 0 spiro atoms. The Labute approximate surface area is 122 Å². The number of aryl methyl sites for hydroxylation is 1. The van der Waals surface area contributed by atoms with Crippen LogP contribution in [-0.2, 0) is 0 Å². The number of hydrogen-bond donors (Lipinski definition) is 1. The number of rotatable bonds is 3. The van der Waals surface area contributed by atoms with Crippen LogP contribution >= 0.6 is 0 Å². The SMILES string of the molecule is CCCCNC(=O)n1nc(C)c2nc3ccccc3nc21. The third kappa shape index (κ3) is 2.44. The minimum absolute atomic E-state index is 0.258. The lowest BCUT2D eigenvalue weighted by atomic mass is 10.3. The summed E-state index contributed by atoms with van der Waals surface area (Å²) in [6.45, 7) is 4.55. The van der Waals surface area contributed by atoms with Crippen molar-refractivity contribution in [2.45, 2.75) is 26.7 Å². The van der Waals surface area contributed by atoms with Crippen LogP contribution in [0.2, 0.25) is 0 Å². The van der Waals surface area contributed by atoms with Gasteiger partial charge in [0.15, 0.2) is 5.65 Å². The average molecular weight is 283 g/mol. The first-order valence-electron chi connectivity index (χ1n) is 7.11. The summed E-state index contributed by atoms with van der Waals surface area (Å²) in [5, 5.41) is 7.12. The standard InChI is InChI=1S/C15H17N5O/c1-3-4-9-16-15(21)20-14-13(10(2)19-20)17-11-7-5-6-8-12(11)18-14/h5-8H,3-4,9H2,1-2H3,(H,16,21). The van der Waals surface area contributed by atoms with Crippen LogP contribution in [0.4, 0.5) is 4.79 Å². The van der Waals surface area contributed by atoms with Gasteiger partial charge in [-0.05, 0) is 25.5 Å². The summed E-state index contributed by atoms with van der Waals surface area (Å²) in [4.78, 5) is 21.3. The minimum atomic E-state index is -0.258. The number of nitrogens with one attached hydrogen (secondary N) is 1. The predicted octanol–water partition coefficient (Wildman–Crippen LogP) is 2.65. The number of aromatic nitrogens is 4. The van der Waals surface area contributed by atoms with E-state index in [1.54, 1.807) is 0 Å². The van der Waals surface area contributed by atoms with Gasteiger partial charge in [0.1, 0.15) is 5.52 Å². The van der Waals surface area contributed by atoms with Crippen LogP contribution in [0.25, 0.3) is 22.2 Å². The van der Waals surface area contributed by atoms with Crippen molar-refractivity contribution in [2.24, 2.45) is 0 Å². The molecule has 21 heavy (non-hydrogen) atoms. The quantitative estimate of drug-likeness (QED) is 0.750. The molecule has 0 saturated carbocycles. The topological polar surface area (TPSA) is 72.7 Å². The van der Waals surface area contributed by atoms with Crippen LogP contribution < -0.4 is 5.32 Å². The van der Waals surface area contributed by atoms with Gasteiger partial charge in [0.2, 0.25) is 0 Å². The Bertz CT molecular complexity index is 808. The van der Waals surface area contributed by atoms with Crippen LogP contribution in [-0.4, -0.2) is 32.3 Å². The number of nitrogens with zero attached hydrogens (tertiary/aromatic N) is 4. The lowest BCUT2D eigenvalue weighted by Crippen LogP contribution is -2.30. The van der Waals surface area contributed by atoms with E-state index < -0.39 is 0 Å². The monoisotopic (exact) mass is 283 g/mol. The van der Waals surface area contributed by atoms with E-state index >= 15 is 0 Å². The fourth-order valence-electron chi connectivity index (χ4n) is 2.21. The van der Waals surface area contributed by atoms with Crippen molar-refractivity contribution < 1.29 is 4.79 Å². The lowest BCUT2D eigenvalue weighted by Gasteiger charge is -2.04. The molecule has 1 N–H and O–H groups in total. The number of carbonyl (C=O) groups is 1. The average Bonchev–Trinajstić information content (AvgIpc) is 2.82. The van der Waals surface area contributed by atoms with Gasteiger partial charge in [0.05, 0.1) is 16.7 Å². The van der Waals surface area contributed by atoms with Crippen molar-refractivity contribution in [1.82, 2.24) is 25.1 Å². The second-order valence-electron chi connectivity index (χ2n) is 4.97. The molecule has 0 bridgehead atoms. The van der Waals surface area contributed by atoms with Gasteiger partial charge in [-0.15, -0.1) is 0 Å². The first-order valence-corrected chi connectivity index (χ1v) is 7.11. The van der Waals surface area contributed by atoms with Crippen molar-refractivity contribution >= 4 is 28.2 Å². The molecule has 6 heteroatoms. The molecule has 1 amide bonds. The molecule has 0 atom stereocenters. The van der Waals surface area contributed by atoms with Gasteiger partial charge in [-0.3, -0.25) is 0 Å². The summed E-state index contributed by atoms with van der Waals surface area (Å²) < 4.78 is 1.31. The van der Waals surface area contributed by atoms with Gasteiger partial charge in [0.25, 0.3) is 0 Å². The summed E-state index contributed by atoms with van der Waals surface area (Å²) in [6.07, 6.45) is 1.97. The Kier molecular flexibility index (Phi) is 3.51. The Hall–Kier alpha value is -2.50. The number of amides is 1. The van der Waals surface area contributed by atoms with Crippen LogP contribution in [0.3, 0.4) is 0 Å². The molecule has 0 aliphatic rings. The predicted molar refractivity (Wildman–Crippen MR) is 81.3 cm³/mol. The Balaban J connectivity index is 2.07.